The molecule has 1 aromatic heterocycles. The highest BCUT2D eigenvalue weighted by atomic mass is 35.5. The lowest BCUT2D eigenvalue weighted by Crippen LogP contribution is -2.13. The van der Waals surface area contributed by atoms with Crippen LogP contribution in [-0.4, -0.2) is 14.8 Å². The number of H-pyrrole nitrogens is 1. The van der Waals surface area contributed by atoms with Crippen molar-refractivity contribution in [3.05, 3.63) is 74.8 Å². The molecule has 0 bridgehead atoms. The lowest BCUT2D eigenvalue weighted by molar-refractivity contribution is 0.211. The van der Waals surface area contributed by atoms with E-state index in [0.717, 1.165) is 28.6 Å². The van der Waals surface area contributed by atoms with Gasteiger partial charge in [-0.3, -0.25) is 9.67 Å². The SMILES string of the molecule is C[C@@H](Oc1ccc2c(c1)CCC2)c1n[nH]c(=S)n1Cc1ccc(Cl)cc1. The van der Waals surface area contributed by atoms with Gasteiger partial charge in [-0.25, -0.2) is 0 Å². The predicted octanol–water partition coefficient (Wildman–Crippen LogP) is 5.27. The molecule has 0 spiro atoms. The van der Waals surface area contributed by atoms with Crippen molar-refractivity contribution >= 4 is 23.8 Å². The summed E-state index contributed by atoms with van der Waals surface area (Å²) in [5, 5.41) is 8.00. The van der Waals surface area contributed by atoms with Crippen LogP contribution < -0.4 is 4.74 Å². The second-order valence-corrected chi connectivity index (χ2v) is 7.47. The van der Waals surface area contributed by atoms with E-state index in [1.807, 2.05) is 41.8 Å². The summed E-state index contributed by atoms with van der Waals surface area (Å²) >= 11 is 11.4. The minimum Gasteiger partial charge on any atom is -0.483 e. The Morgan fingerprint density at radius 1 is 1.19 bits per heavy atom. The fourth-order valence-electron chi connectivity index (χ4n) is 3.44. The monoisotopic (exact) mass is 385 g/mol. The number of fused-ring (bicyclic) bond motifs is 1. The Morgan fingerprint density at radius 2 is 1.96 bits per heavy atom. The van der Waals surface area contributed by atoms with E-state index in [0.29, 0.717) is 11.3 Å². The fraction of sp³-hybridized carbons (Fsp3) is 0.300. The Bertz CT molecular complexity index is 977. The minimum atomic E-state index is -0.213. The second kappa shape index (κ2) is 7.25. The maximum Gasteiger partial charge on any atom is 0.195 e. The van der Waals surface area contributed by atoms with Crippen molar-refractivity contribution in [2.45, 2.75) is 38.8 Å². The molecule has 1 N–H and O–H groups in total. The first-order valence-corrected chi connectivity index (χ1v) is 9.57. The van der Waals surface area contributed by atoms with E-state index in [4.69, 9.17) is 28.6 Å². The lowest BCUT2D eigenvalue weighted by atomic mass is 10.1. The molecule has 0 unspecified atom stereocenters. The van der Waals surface area contributed by atoms with Gasteiger partial charge in [0.05, 0.1) is 6.54 Å². The normalized spacial score (nSPS) is 14.2. The number of hydrogen-bond acceptors (Lipinski definition) is 3. The van der Waals surface area contributed by atoms with Gasteiger partial charge in [-0.05, 0) is 79.4 Å². The highest BCUT2D eigenvalue weighted by molar-refractivity contribution is 7.71. The smallest absolute Gasteiger partial charge is 0.195 e. The van der Waals surface area contributed by atoms with Crippen molar-refractivity contribution in [3.63, 3.8) is 0 Å². The molecule has 0 amide bonds. The molecule has 1 aliphatic rings. The Balaban J connectivity index is 1.55. The van der Waals surface area contributed by atoms with Gasteiger partial charge in [0, 0.05) is 5.02 Å². The number of aromatic amines is 1. The number of nitrogens with one attached hydrogen (secondary N) is 1. The lowest BCUT2D eigenvalue weighted by Gasteiger charge is -2.16. The van der Waals surface area contributed by atoms with Crippen molar-refractivity contribution in [1.29, 1.82) is 0 Å². The van der Waals surface area contributed by atoms with Crippen LogP contribution in [0.2, 0.25) is 5.02 Å². The Morgan fingerprint density at radius 3 is 2.77 bits per heavy atom. The summed E-state index contributed by atoms with van der Waals surface area (Å²) in [6.45, 7) is 2.62. The third kappa shape index (κ3) is 3.55. The van der Waals surface area contributed by atoms with Crippen molar-refractivity contribution < 1.29 is 4.74 Å². The highest BCUT2D eigenvalue weighted by Gasteiger charge is 2.18. The van der Waals surface area contributed by atoms with Crippen LogP contribution in [0, 0.1) is 4.77 Å². The van der Waals surface area contributed by atoms with Gasteiger partial charge in [0.15, 0.2) is 16.7 Å². The molecule has 0 saturated carbocycles. The number of halogens is 1. The first kappa shape index (κ1) is 17.3. The van der Waals surface area contributed by atoms with Gasteiger partial charge in [-0.2, -0.15) is 5.10 Å². The molecule has 1 aliphatic carbocycles. The van der Waals surface area contributed by atoms with Crippen molar-refractivity contribution in [2.75, 3.05) is 0 Å². The van der Waals surface area contributed by atoms with E-state index in [2.05, 4.69) is 22.3 Å². The second-order valence-electron chi connectivity index (χ2n) is 6.64. The number of benzene rings is 2. The van der Waals surface area contributed by atoms with Gasteiger partial charge in [-0.1, -0.05) is 29.8 Å². The van der Waals surface area contributed by atoms with Gasteiger partial charge in [0.25, 0.3) is 0 Å². The van der Waals surface area contributed by atoms with Crippen LogP contribution in [0.5, 0.6) is 5.75 Å². The summed E-state index contributed by atoms with van der Waals surface area (Å²) in [5.41, 5.74) is 3.95. The number of hydrogen-bond donors (Lipinski definition) is 1. The van der Waals surface area contributed by atoms with Crippen molar-refractivity contribution in [2.24, 2.45) is 0 Å². The van der Waals surface area contributed by atoms with Crippen molar-refractivity contribution in [1.82, 2.24) is 14.8 Å². The molecule has 26 heavy (non-hydrogen) atoms. The van der Waals surface area contributed by atoms with E-state index < -0.39 is 0 Å². The summed E-state index contributed by atoms with van der Waals surface area (Å²) < 4.78 is 8.72. The number of ether oxygens (including phenoxy) is 1. The van der Waals surface area contributed by atoms with Crippen LogP contribution in [0.4, 0.5) is 0 Å². The molecular weight excluding hydrogens is 366 g/mol. The maximum absolute atomic E-state index is 6.17. The van der Waals surface area contributed by atoms with E-state index in [9.17, 15) is 0 Å². The van der Waals surface area contributed by atoms with Gasteiger partial charge in [0.2, 0.25) is 0 Å². The fourth-order valence-corrected chi connectivity index (χ4v) is 3.77. The average molecular weight is 386 g/mol. The minimum absolute atomic E-state index is 0.213. The maximum atomic E-state index is 6.17. The van der Waals surface area contributed by atoms with E-state index in [1.54, 1.807) is 0 Å². The molecule has 6 heteroatoms. The molecule has 3 aromatic rings. The molecule has 1 heterocycles. The summed E-state index contributed by atoms with van der Waals surface area (Å²) in [5.74, 6) is 1.66. The molecule has 0 aliphatic heterocycles. The number of aromatic nitrogens is 3. The number of rotatable bonds is 5. The Hall–Kier alpha value is -2.11. The van der Waals surface area contributed by atoms with Crippen LogP contribution in [0.25, 0.3) is 0 Å². The van der Waals surface area contributed by atoms with Crippen molar-refractivity contribution in [3.8, 4) is 5.75 Å². The summed E-state index contributed by atoms with van der Waals surface area (Å²) in [6.07, 6.45) is 3.32. The molecule has 4 rings (SSSR count). The molecular formula is C20H20ClN3OS. The topological polar surface area (TPSA) is 42.8 Å². The molecule has 0 radical (unpaired) electrons. The zero-order valence-electron chi connectivity index (χ0n) is 14.5. The zero-order valence-corrected chi connectivity index (χ0v) is 16.1. The highest BCUT2D eigenvalue weighted by Crippen LogP contribution is 2.28. The van der Waals surface area contributed by atoms with Crippen LogP contribution in [0.15, 0.2) is 42.5 Å². The van der Waals surface area contributed by atoms with Gasteiger partial charge < -0.3 is 4.74 Å². The quantitative estimate of drug-likeness (QED) is 0.608. The first-order chi connectivity index (χ1) is 12.6. The standard InChI is InChI=1S/C20H20ClN3OS/c1-13(25-18-10-7-15-3-2-4-16(15)11-18)19-22-23-20(26)24(19)12-14-5-8-17(21)9-6-14/h5-11,13H,2-4,12H2,1H3,(H,23,26)/t13-/m1/s1. The van der Waals surface area contributed by atoms with E-state index in [1.165, 1.54) is 24.0 Å². The van der Waals surface area contributed by atoms with Gasteiger partial charge >= 0.3 is 0 Å². The molecule has 2 aromatic carbocycles. The molecule has 0 fully saturated rings. The number of aryl methyl sites for hydroxylation is 2. The predicted molar refractivity (Wildman–Crippen MR) is 105 cm³/mol. The molecule has 134 valence electrons. The van der Waals surface area contributed by atoms with Crippen LogP contribution in [0.3, 0.4) is 0 Å². The molecule has 0 saturated heterocycles. The summed E-state index contributed by atoms with van der Waals surface area (Å²) in [4.78, 5) is 0. The van der Waals surface area contributed by atoms with Crippen LogP contribution in [-0.2, 0) is 19.4 Å². The third-order valence-electron chi connectivity index (χ3n) is 4.79. The van der Waals surface area contributed by atoms with E-state index >= 15 is 0 Å². The molecule has 1 atom stereocenters. The third-order valence-corrected chi connectivity index (χ3v) is 5.35. The van der Waals surface area contributed by atoms with Crippen LogP contribution >= 0.6 is 23.8 Å². The summed E-state index contributed by atoms with van der Waals surface area (Å²) in [7, 11) is 0. The van der Waals surface area contributed by atoms with Gasteiger partial charge in [0.1, 0.15) is 5.75 Å². The molecule has 4 nitrogen and oxygen atoms in total. The largest absolute Gasteiger partial charge is 0.483 e. The van der Waals surface area contributed by atoms with Crippen LogP contribution in [0.1, 0.15) is 42.0 Å². The summed E-state index contributed by atoms with van der Waals surface area (Å²) in [6, 6.07) is 14.1. The Labute approximate surface area is 162 Å². The zero-order chi connectivity index (χ0) is 18.1. The number of nitrogens with zero attached hydrogens (tertiary/aromatic N) is 2. The van der Waals surface area contributed by atoms with Gasteiger partial charge in [-0.15, -0.1) is 0 Å². The van der Waals surface area contributed by atoms with E-state index in [-0.39, 0.29) is 6.10 Å². The average Bonchev–Trinajstić information content (AvgIpc) is 3.23. The Kier molecular flexibility index (Phi) is 4.83. The first-order valence-electron chi connectivity index (χ1n) is 8.78.